The predicted molar refractivity (Wildman–Crippen MR) is 123 cm³/mol. The molecule has 1 heterocycles. The second-order valence-electron chi connectivity index (χ2n) is 7.32. The highest BCUT2D eigenvalue weighted by Gasteiger charge is 2.21. The third-order valence-electron chi connectivity index (χ3n) is 4.69. The van der Waals surface area contributed by atoms with Crippen LogP contribution in [0.1, 0.15) is 29.8 Å². The van der Waals surface area contributed by atoms with Crippen molar-refractivity contribution in [2.24, 2.45) is 0 Å². The van der Waals surface area contributed by atoms with Gasteiger partial charge < -0.3 is 9.64 Å². The van der Waals surface area contributed by atoms with Crippen LogP contribution in [-0.2, 0) is 6.54 Å². The van der Waals surface area contributed by atoms with Gasteiger partial charge in [-0.05, 0) is 65.8 Å². The van der Waals surface area contributed by atoms with Gasteiger partial charge in [0.15, 0.2) is 5.11 Å². The average molecular weight is 476 g/mol. The molecular weight excluding hydrogens is 450 g/mol. The van der Waals surface area contributed by atoms with E-state index in [9.17, 15) is 4.79 Å². The summed E-state index contributed by atoms with van der Waals surface area (Å²) in [7, 11) is 0. The minimum absolute atomic E-state index is 0.0686. The van der Waals surface area contributed by atoms with Gasteiger partial charge in [0.2, 0.25) is 0 Å². The molecule has 0 radical (unpaired) electrons. The summed E-state index contributed by atoms with van der Waals surface area (Å²) in [6.45, 7) is 8.30. The molecule has 0 aromatic heterocycles. The first-order valence-corrected chi connectivity index (χ1v) is 11.0. The molecule has 0 aliphatic carbocycles. The average Bonchev–Trinajstić information content (AvgIpc) is 2.70. The molecule has 29 heavy (non-hydrogen) atoms. The Labute approximate surface area is 186 Å². The lowest BCUT2D eigenvalue weighted by molar-refractivity contribution is 0.0969. The first-order valence-electron chi connectivity index (χ1n) is 9.75. The highest BCUT2D eigenvalue weighted by Crippen LogP contribution is 2.27. The maximum Gasteiger partial charge on any atom is 0.257 e. The van der Waals surface area contributed by atoms with E-state index in [1.165, 1.54) is 5.56 Å². The molecular formula is C22H26BrN3O2S. The largest absolute Gasteiger partial charge is 0.490 e. The number of piperazine rings is 1. The summed E-state index contributed by atoms with van der Waals surface area (Å²) < 4.78 is 6.44. The van der Waals surface area contributed by atoms with Gasteiger partial charge in [-0.15, -0.1) is 0 Å². The smallest absolute Gasteiger partial charge is 0.257 e. The quantitative estimate of drug-likeness (QED) is 0.660. The van der Waals surface area contributed by atoms with Crippen LogP contribution in [0.25, 0.3) is 0 Å². The molecule has 2 aromatic carbocycles. The number of amides is 1. The standard InChI is InChI=1S/C22H26BrN3O2S/c1-16(2)28-20-9-8-18(14-19(20)23)21(27)24-22(29)26-12-10-25(11-13-26)15-17-6-4-3-5-7-17/h3-9,14,16H,10-13,15H2,1-2H3,(H,24,27,29). The zero-order valence-electron chi connectivity index (χ0n) is 16.7. The van der Waals surface area contributed by atoms with E-state index in [0.717, 1.165) is 37.2 Å². The number of halogens is 1. The number of rotatable bonds is 5. The van der Waals surface area contributed by atoms with Gasteiger partial charge >= 0.3 is 0 Å². The molecule has 1 aliphatic heterocycles. The van der Waals surface area contributed by atoms with Crippen molar-refractivity contribution in [2.45, 2.75) is 26.5 Å². The van der Waals surface area contributed by atoms with Crippen LogP contribution in [0.3, 0.4) is 0 Å². The predicted octanol–water partition coefficient (Wildman–Crippen LogP) is 4.07. The molecule has 1 aliphatic rings. The van der Waals surface area contributed by atoms with Crippen molar-refractivity contribution in [3.63, 3.8) is 0 Å². The summed E-state index contributed by atoms with van der Waals surface area (Å²) in [5, 5.41) is 3.34. The maximum atomic E-state index is 12.6. The van der Waals surface area contributed by atoms with Crippen molar-refractivity contribution in [2.75, 3.05) is 26.2 Å². The molecule has 2 aromatic rings. The van der Waals surface area contributed by atoms with Crippen molar-refractivity contribution in [3.8, 4) is 5.75 Å². The summed E-state index contributed by atoms with van der Waals surface area (Å²) >= 11 is 8.94. The highest BCUT2D eigenvalue weighted by atomic mass is 79.9. The van der Waals surface area contributed by atoms with Crippen molar-refractivity contribution in [1.82, 2.24) is 15.1 Å². The van der Waals surface area contributed by atoms with E-state index >= 15 is 0 Å². The van der Waals surface area contributed by atoms with Crippen LogP contribution in [0.5, 0.6) is 5.75 Å². The minimum atomic E-state index is -0.210. The Kier molecular flexibility index (Phi) is 7.64. The van der Waals surface area contributed by atoms with Crippen molar-refractivity contribution in [1.29, 1.82) is 0 Å². The summed E-state index contributed by atoms with van der Waals surface area (Å²) in [5.41, 5.74) is 1.85. The minimum Gasteiger partial charge on any atom is -0.490 e. The Bertz CT molecular complexity index is 852. The Morgan fingerprint density at radius 1 is 1.14 bits per heavy atom. The molecule has 5 nitrogen and oxygen atoms in total. The fourth-order valence-corrected chi connectivity index (χ4v) is 3.94. The highest BCUT2D eigenvalue weighted by molar-refractivity contribution is 9.10. The molecule has 154 valence electrons. The van der Waals surface area contributed by atoms with Gasteiger partial charge in [0.25, 0.3) is 5.91 Å². The molecule has 0 saturated carbocycles. The van der Waals surface area contributed by atoms with Crippen LogP contribution in [0.2, 0.25) is 0 Å². The molecule has 7 heteroatoms. The number of ether oxygens (including phenoxy) is 1. The molecule has 1 fully saturated rings. The fraction of sp³-hybridized carbons (Fsp3) is 0.364. The maximum absolute atomic E-state index is 12.6. The second kappa shape index (κ2) is 10.2. The van der Waals surface area contributed by atoms with Crippen molar-refractivity contribution < 1.29 is 9.53 Å². The third-order valence-corrected chi connectivity index (χ3v) is 5.67. The number of thiocarbonyl (C=S) groups is 1. The van der Waals surface area contributed by atoms with Crippen LogP contribution in [0.15, 0.2) is 53.0 Å². The zero-order valence-corrected chi connectivity index (χ0v) is 19.1. The van der Waals surface area contributed by atoms with Crippen LogP contribution in [-0.4, -0.2) is 53.1 Å². The third kappa shape index (κ3) is 6.26. The van der Waals surface area contributed by atoms with Gasteiger partial charge in [-0.25, -0.2) is 0 Å². The monoisotopic (exact) mass is 475 g/mol. The molecule has 0 spiro atoms. The van der Waals surface area contributed by atoms with E-state index in [1.54, 1.807) is 18.2 Å². The van der Waals surface area contributed by atoms with E-state index in [-0.39, 0.29) is 12.0 Å². The number of hydrogen-bond donors (Lipinski definition) is 1. The molecule has 1 amide bonds. The SMILES string of the molecule is CC(C)Oc1ccc(C(=O)NC(=S)N2CCN(Cc3ccccc3)CC2)cc1Br. The van der Waals surface area contributed by atoms with Gasteiger partial charge in [0, 0.05) is 38.3 Å². The lowest BCUT2D eigenvalue weighted by Gasteiger charge is -2.36. The van der Waals surface area contributed by atoms with Gasteiger partial charge in [-0.3, -0.25) is 15.0 Å². The van der Waals surface area contributed by atoms with Crippen LogP contribution < -0.4 is 10.1 Å². The summed E-state index contributed by atoms with van der Waals surface area (Å²) in [4.78, 5) is 17.1. The molecule has 1 saturated heterocycles. The van der Waals surface area contributed by atoms with Gasteiger partial charge in [-0.2, -0.15) is 0 Å². The van der Waals surface area contributed by atoms with Crippen LogP contribution in [0.4, 0.5) is 0 Å². The van der Waals surface area contributed by atoms with Crippen molar-refractivity contribution in [3.05, 3.63) is 64.1 Å². The van der Waals surface area contributed by atoms with Crippen LogP contribution in [0, 0.1) is 0 Å². The number of carbonyl (C=O) groups is 1. The van der Waals surface area contributed by atoms with E-state index in [4.69, 9.17) is 17.0 Å². The van der Waals surface area contributed by atoms with E-state index in [0.29, 0.717) is 16.4 Å². The van der Waals surface area contributed by atoms with Crippen LogP contribution >= 0.6 is 28.1 Å². The van der Waals surface area contributed by atoms with Gasteiger partial charge in [0.05, 0.1) is 10.6 Å². The first-order chi connectivity index (χ1) is 13.9. The number of nitrogens with zero attached hydrogens (tertiary/aromatic N) is 2. The fourth-order valence-electron chi connectivity index (χ4n) is 3.19. The Morgan fingerprint density at radius 3 is 2.45 bits per heavy atom. The molecule has 0 bridgehead atoms. The summed E-state index contributed by atoms with van der Waals surface area (Å²) in [5.74, 6) is 0.507. The Balaban J connectivity index is 1.50. The summed E-state index contributed by atoms with van der Waals surface area (Å²) in [6, 6.07) is 15.8. The Hall–Kier alpha value is -1.96. The van der Waals surface area contributed by atoms with E-state index < -0.39 is 0 Å². The number of nitrogens with one attached hydrogen (secondary N) is 1. The number of hydrogen-bond acceptors (Lipinski definition) is 4. The molecule has 3 rings (SSSR count). The first kappa shape index (κ1) is 21.7. The topological polar surface area (TPSA) is 44.8 Å². The normalized spacial score (nSPS) is 14.7. The lowest BCUT2D eigenvalue weighted by Crippen LogP contribution is -2.52. The molecule has 0 atom stereocenters. The molecule has 1 N–H and O–H groups in total. The second-order valence-corrected chi connectivity index (χ2v) is 8.56. The number of benzene rings is 2. The van der Waals surface area contributed by atoms with Crippen molar-refractivity contribution >= 4 is 39.2 Å². The van der Waals surface area contributed by atoms with Gasteiger partial charge in [0.1, 0.15) is 5.75 Å². The number of carbonyl (C=O) groups excluding carboxylic acids is 1. The zero-order chi connectivity index (χ0) is 20.8. The van der Waals surface area contributed by atoms with Gasteiger partial charge in [-0.1, -0.05) is 30.3 Å². The summed E-state index contributed by atoms with van der Waals surface area (Å²) in [6.07, 6.45) is 0.0686. The molecule has 0 unspecified atom stereocenters. The van der Waals surface area contributed by atoms with E-state index in [1.807, 2.05) is 19.9 Å². The Morgan fingerprint density at radius 2 is 1.83 bits per heavy atom. The van der Waals surface area contributed by atoms with E-state index in [2.05, 4.69) is 55.3 Å². The lowest BCUT2D eigenvalue weighted by atomic mass is 10.2.